The zero-order valence-corrected chi connectivity index (χ0v) is 13.8. The molecule has 0 aliphatic carbocycles. The highest BCUT2D eigenvalue weighted by molar-refractivity contribution is 7.10. The summed E-state index contributed by atoms with van der Waals surface area (Å²) in [5, 5.41) is 12.4. The van der Waals surface area contributed by atoms with Crippen molar-refractivity contribution in [3.8, 4) is 0 Å². The van der Waals surface area contributed by atoms with Crippen LogP contribution in [0.5, 0.6) is 0 Å². The summed E-state index contributed by atoms with van der Waals surface area (Å²) in [6.07, 6.45) is 1.81. The van der Waals surface area contributed by atoms with Gasteiger partial charge in [0.2, 0.25) is 11.8 Å². The summed E-state index contributed by atoms with van der Waals surface area (Å²) in [6, 6.07) is 6.52. The number of halogens is 1. The minimum absolute atomic E-state index is 0.0210. The summed E-state index contributed by atoms with van der Waals surface area (Å²) < 4.78 is 0. The Labute approximate surface area is 142 Å². The van der Waals surface area contributed by atoms with E-state index in [0.717, 1.165) is 11.3 Å². The molecule has 0 radical (unpaired) electrons. The number of thiophene rings is 1. The molecule has 2 aromatic heterocycles. The van der Waals surface area contributed by atoms with E-state index in [1.165, 1.54) is 0 Å². The standard InChI is InChI=1S/C15H15ClN4O2S/c16-12-5-6-13(19-18-12)17-15(22)11-4-1-7-20(11)14(21)9-10-3-2-8-23-10/h2-3,5-6,8,11H,1,4,7,9H2,(H,17,19,22). The van der Waals surface area contributed by atoms with Crippen molar-refractivity contribution >= 4 is 40.6 Å². The van der Waals surface area contributed by atoms with Gasteiger partial charge < -0.3 is 10.2 Å². The maximum atomic E-state index is 12.4. The fraction of sp³-hybridized carbons (Fsp3) is 0.333. The van der Waals surface area contributed by atoms with Crippen LogP contribution in [0.1, 0.15) is 17.7 Å². The second-order valence-electron chi connectivity index (χ2n) is 5.23. The molecule has 3 heterocycles. The predicted octanol–water partition coefficient (Wildman–Crippen LogP) is 2.36. The van der Waals surface area contributed by atoms with E-state index >= 15 is 0 Å². The van der Waals surface area contributed by atoms with Crippen LogP contribution in [0, 0.1) is 0 Å². The summed E-state index contributed by atoms with van der Waals surface area (Å²) in [6.45, 7) is 0.606. The van der Waals surface area contributed by atoms with Crippen LogP contribution in [0.2, 0.25) is 5.15 Å². The number of anilines is 1. The summed E-state index contributed by atoms with van der Waals surface area (Å²) >= 11 is 7.21. The maximum Gasteiger partial charge on any atom is 0.248 e. The summed E-state index contributed by atoms with van der Waals surface area (Å²) in [5.74, 6) is 0.0721. The zero-order chi connectivity index (χ0) is 16.2. The van der Waals surface area contributed by atoms with E-state index in [1.807, 2.05) is 17.5 Å². The monoisotopic (exact) mass is 350 g/mol. The fourth-order valence-electron chi connectivity index (χ4n) is 2.59. The van der Waals surface area contributed by atoms with Crippen molar-refractivity contribution in [1.29, 1.82) is 0 Å². The highest BCUT2D eigenvalue weighted by Crippen LogP contribution is 2.21. The molecule has 1 saturated heterocycles. The fourth-order valence-corrected chi connectivity index (χ4v) is 3.39. The Balaban J connectivity index is 1.64. The molecule has 1 fully saturated rings. The largest absolute Gasteiger partial charge is 0.330 e. The molecular weight excluding hydrogens is 336 g/mol. The Morgan fingerprint density at radius 2 is 2.22 bits per heavy atom. The summed E-state index contributed by atoms with van der Waals surface area (Å²) in [7, 11) is 0. The first-order valence-electron chi connectivity index (χ1n) is 7.25. The lowest BCUT2D eigenvalue weighted by Crippen LogP contribution is -2.43. The molecule has 1 unspecified atom stereocenters. The highest BCUT2D eigenvalue weighted by atomic mass is 35.5. The van der Waals surface area contributed by atoms with Crippen LogP contribution in [-0.2, 0) is 16.0 Å². The number of hydrogen-bond donors (Lipinski definition) is 1. The molecule has 0 saturated carbocycles. The Kier molecular flexibility index (Phi) is 4.88. The number of carbonyl (C=O) groups is 2. The number of nitrogens with zero attached hydrogens (tertiary/aromatic N) is 3. The van der Waals surface area contributed by atoms with Crippen LogP contribution in [0.25, 0.3) is 0 Å². The van der Waals surface area contributed by atoms with Gasteiger partial charge in [-0.15, -0.1) is 21.5 Å². The third-order valence-electron chi connectivity index (χ3n) is 3.66. The molecule has 1 aliphatic heterocycles. The average molecular weight is 351 g/mol. The highest BCUT2D eigenvalue weighted by Gasteiger charge is 2.34. The molecule has 2 amide bonds. The van der Waals surface area contributed by atoms with E-state index in [4.69, 9.17) is 11.6 Å². The Morgan fingerprint density at radius 3 is 2.91 bits per heavy atom. The van der Waals surface area contributed by atoms with E-state index in [-0.39, 0.29) is 17.0 Å². The number of nitrogens with one attached hydrogen (secondary N) is 1. The van der Waals surface area contributed by atoms with Crippen LogP contribution in [0.3, 0.4) is 0 Å². The van der Waals surface area contributed by atoms with Crippen molar-refractivity contribution in [1.82, 2.24) is 15.1 Å². The van der Waals surface area contributed by atoms with Crippen molar-refractivity contribution in [3.05, 3.63) is 39.7 Å². The first-order valence-corrected chi connectivity index (χ1v) is 8.51. The van der Waals surface area contributed by atoms with Gasteiger partial charge in [-0.3, -0.25) is 9.59 Å². The molecule has 6 nitrogen and oxygen atoms in total. The first-order chi connectivity index (χ1) is 11.1. The molecule has 0 bridgehead atoms. The Hall–Kier alpha value is -1.99. The Bertz CT molecular complexity index is 690. The van der Waals surface area contributed by atoms with Gasteiger partial charge >= 0.3 is 0 Å². The minimum Gasteiger partial charge on any atom is -0.330 e. The van der Waals surface area contributed by atoms with Crippen LogP contribution in [-0.4, -0.2) is 39.5 Å². The van der Waals surface area contributed by atoms with Gasteiger partial charge in [-0.05, 0) is 36.4 Å². The van der Waals surface area contributed by atoms with Crippen LogP contribution in [0.4, 0.5) is 5.82 Å². The predicted molar refractivity (Wildman–Crippen MR) is 88.4 cm³/mol. The van der Waals surface area contributed by atoms with Gasteiger partial charge in [0.1, 0.15) is 6.04 Å². The minimum atomic E-state index is -0.458. The molecule has 3 rings (SSSR count). The molecule has 8 heteroatoms. The lowest BCUT2D eigenvalue weighted by atomic mass is 10.2. The van der Waals surface area contributed by atoms with E-state index in [9.17, 15) is 9.59 Å². The quantitative estimate of drug-likeness (QED) is 0.918. The van der Waals surface area contributed by atoms with Gasteiger partial charge in [0.05, 0.1) is 6.42 Å². The number of aromatic nitrogens is 2. The van der Waals surface area contributed by atoms with Gasteiger partial charge in [-0.25, -0.2) is 0 Å². The first kappa shape index (κ1) is 15.9. The van der Waals surface area contributed by atoms with Crippen LogP contribution >= 0.6 is 22.9 Å². The van der Waals surface area contributed by atoms with E-state index in [2.05, 4.69) is 15.5 Å². The van der Waals surface area contributed by atoms with Crippen LogP contribution < -0.4 is 5.32 Å². The van der Waals surface area contributed by atoms with Crippen LogP contribution in [0.15, 0.2) is 29.6 Å². The van der Waals surface area contributed by atoms with Crippen molar-refractivity contribution in [2.24, 2.45) is 0 Å². The normalized spacial score (nSPS) is 17.3. The van der Waals surface area contributed by atoms with Crippen molar-refractivity contribution in [2.75, 3.05) is 11.9 Å². The third kappa shape index (κ3) is 3.86. The number of carbonyl (C=O) groups excluding carboxylic acids is 2. The maximum absolute atomic E-state index is 12.4. The smallest absolute Gasteiger partial charge is 0.248 e. The molecule has 1 atom stereocenters. The van der Waals surface area contributed by atoms with Gasteiger partial charge in [0.25, 0.3) is 0 Å². The molecule has 1 N–H and O–H groups in total. The zero-order valence-electron chi connectivity index (χ0n) is 12.2. The van der Waals surface area contributed by atoms with E-state index in [1.54, 1.807) is 28.4 Å². The Morgan fingerprint density at radius 1 is 1.35 bits per heavy atom. The number of rotatable bonds is 4. The third-order valence-corrected chi connectivity index (χ3v) is 4.74. The molecule has 1 aliphatic rings. The van der Waals surface area contributed by atoms with Gasteiger partial charge in [0, 0.05) is 11.4 Å². The van der Waals surface area contributed by atoms with Crippen molar-refractivity contribution in [3.63, 3.8) is 0 Å². The van der Waals surface area contributed by atoms with Crippen molar-refractivity contribution in [2.45, 2.75) is 25.3 Å². The molecule has 0 aromatic carbocycles. The SMILES string of the molecule is O=C(Nc1ccc(Cl)nn1)C1CCCN1C(=O)Cc1cccs1. The second-order valence-corrected chi connectivity index (χ2v) is 6.65. The summed E-state index contributed by atoms with van der Waals surface area (Å²) in [4.78, 5) is 27.5. The lowest BCUT2D eigenvalue weighted by Gasteiger charge is -2.23. The number of hydrogen-bond acceptors (Lipinski definition) is 5. The topological polar surface area (TPSA) is 75.2 Å². The molecule has 120 valence electrons. The lowest BCUT2D eigenvalue weighted by molar-refractivity contribution is -0.136. The number of likely N-dealkylation sites (tertiary alicyclic amines) is 1. The molecule has 23 heavy (non-hydrogen) atoms. The van der Waals surface area contributed by atoms with Gasteiger partial charge in [0.15, 0.2) is 11.0 Å². The molecular formula is C15H15ClN4O2S. The van der Waals surface area contributed by atoms with Gasteiger partial charge in [-0.1, -0.05) is 17.7 Å². The summed E-state index contributed by atoms with van der Waals surface area (Å²) in [5.41, 5.74) is 0. The van der Waals surface area contributed by atoms with Gasteiger partial charge in [-0.2, -0.15) is 0 Å². The average Bonchev–Trinajstić information content (AvgIpc) is 3.20. The number of amides is 2. The van der Waals surface area contributed by atoms with E-state index in [0.29, 0.717) is 25.2 Å². The van der Waals surface area contributed by atoms with E-state index < -0.39 is 6.04 Å². The molecule has 2 aromatic rings. The second kappa shape index (κ2) is 7.06. The molecule has 0 spiro atoms. The van der Waals surface area contributed by atoms with Crippen molar-refractivity contribution < 1.29 is 9.59 Å².